The highest BCUT2D eigenvalue weighted by Gasteiger charge is 2.34. The number of rotatable bonds is 6. The van der Waals surface area contributed by atoms with E-state index in [0.717, 1.165) is 34.7 Å². The van der Waals surface area contributed by atoms with Crippen molar-refractivity contribution in [1.29, 1.82) is 0 Å². The Balaban J connectivity index is 1.30. The molecule has 7 nitrogen and oxygen atoms in total. The van der Waals surface area contributed by atoms with Crippen LogP contribution in [-0.2, 0) is 11.3 Å². The van der Waals surface area contributed by atoms with E-state index in [1.54, 1.807) is 0 Å². The smallest absolute Gasteiger partial charge is 0.324 e. The summed E-state index contributed by atoms with van der Waals surface area (Å²) in [6, 6.07) is 13.8. The first kappa shape index (κ1) is 24.9. The van der Waals surface area contributed by atoms with Gasteiger partial charge in [0.05, 0.1) is 18.3 Å². The van der Waals surface area contributed by atoms with Crippen LogP contribution in [0.3, 0.4) is 0 Å². The molecule has 188 valence electrons. The molecular weight excluding hydrogens is 442 g/mol. The van der Waals surface area contributed by atoms with Crippen LogP contribution in [0.5, 0.6) is 11.5 Å². The number of fused-ring (bicyclic) bond motifs is 1. The Labute approximate surface area is 208 Å². The Bertz CT molecular complexity index is 1030. The average molecular weight is 480 g/mol. The molecule has 0 spiro atoms. The van der Waals surface area contributed by atoms with Gasteiger partial charge in [-0.1, -0.05) is 25.1 Å². The van der Waals surface area contributed by atoms with Crippen LogP contribution in [0.1, 0.15) is 51.2 Å². The van der Waals surface area contributed by atoms with E-state index in [9.17, 15) is 9.59 Å². The van der Waals surface area contributed by atoms with Crippen molar-refractivity contribution in [2.75, 3.05) is 24.5 Å². The van der Waals surface area contributed by atoms with Gasteiger partial charge in [-0.05, 0) is 75.4 Å². The molecule has 1 fully saturated rings. The third-order valence-electron chi connectivity index (χ3n) is 6.67. The fraction of sp³-hybridized carbons (Fsp3) is 0.500. The summed E-state index contributed by atoms with van der Waals surface area (Å²) in [5, 5.41) is 3.06. The molecule has 0 saturated carbocycles. The third-order valence-corrected chi connectivity index (χ3v) is 6.67. The fourth-order valence-electron chi connectivity index (χ4n) is 4.65. The molecule has 1 atom stereocenters. The van der Waals surface area contributed by atoms with Crippen molar-refractivity contribution >= 4 is 17.6 Å². The molecule has 1 saturated heterocycles. The minimum atomic E-state index is -0.0785. The molecule has 3 amide bonds. The van der Waals surface area contributed by atoms with Crippen LogP contribution in [0.25, 0.3) is 0 Å². The summed E-state index contributed by atoms with van der Waals surface area (Å²) in [7, 11) is 0. The topological polar surface area (TPSA) is 71.1 Å². The van der Waals surface area contributed by atoms with Gasteiger partial charge in [-0.25, -0.2) is 4.79 Å². The zero-order valence-electron chi connectivity index (χ0n) is 21.3. The SMILES string of the molecule is CCC1CN(C(=O)N2CCC(C(=O)NCc3ccc(OC(C)C)cc3)CC2)c2cc(C)ccc2O1. The number of nitrogens with zero attached hydrogens (tertiary/aromatic N) is 2. The first-order valence-electron chi connectivity index (χ1n) is 12.7. The van der Waals surface area contributed by atoms with Crippen molar-refractivity contribution in [3.8, 4) is 11.5 Å². The molecule has 0 bridgehead atoms. The lowest BCUT2D eigenvalue weighted by Gasteiger charge is -2.39. The number of carbonyl (C=O) groups excluding carboxylic acids is 2. The van der Waals surface area contributed by atoms with E-state index < -0.39 is 0 Å². The number of amides is 3. The van der Waals surface area contributed by atoms with E-state index in [1.165, 1.54) is 0 Å². The summed E-state index contributed by atoms with van der Waals surface area (Å²) >= 11 is 0. The van der Waals surface area contributed by atoms with Gasteiger partial charge in [-0.3, -0.25) is 9.69 Å². The molecular formula is C28H37N3O4. The van der Waals surface area contributed by atoms with Crippen LogP contribution in [-0.4, -0.2) is 48.7 Å². The second-order valence-electron chi connectivity index (χ2n) is 9.80. The number of urea groups is 1. The molecule has 2 aromatic carbocycles. The van der Waals surface area contributed by atoms with Gasteiger partial charge in [0.25, 0.3) is 0 Å². The number of ether oxygens (including phenoxy) is 2. The number of benzene rings is 2. The monoisotopic (exact) mass is 479 g/mol. The zero-order valence-corrected chi connectivity index (χ0v) is 21.3. The van der Waals surface area contributed by atoms with Crippen LogP contribution < -0.4 is 19.7 Å². The van der Waals surface area contributed by atoms with E-state index >= 15 is 0 Å². The summed E-state index contributed by atoms with van der Waals surface area (Å²) in [5.41, 5.74) is 2.97. The maximum Gasteiger partial charge on any atom is 0.324 e. The summed E-state index contributed by atoms with van der Waals surface area (Å²) in [6.07, 6.45) is 2.30. The number of carbonyl (C=O) groups is 2. The summed E-state index contributed by atoms with van der Waals surface area (Å²) in [6.45, 7) is 10.3. The van der Waals surface area contributed by atoms with Gasteiger partial charge < -0.3 is 19.7 Å². The van der Waals surface area contributed by atoms with Crippen LogP contribution in [0.15, 0.2) is 42.5 Å². The minimum absolute atomic E-state index is 0.00108. The maximum atomic E-state index is 13.5. The van der Waals surface area contributed by atoms with E-state index in [4.69, 9.17) is 9.47 Å². The highest BCUT2D eigenvalue weighted by atomic mass is 16.5. The molecule has 7 heteroatoms. The molecule has 1 N–H and O–H groups in total. The molecule has 35 heavy (non-hydrogen) atoms. The standard InChI is InChI=1S/C28H37N3O4/c1-5-23-18-31(25-16-20(4)6-11-26(25)35-23)28(33)30-14-12-22(13-15-30)27(32)29-17-21-7-9-24(10-8-21)34-19(2)3/h6-11,16,19,22-23H,5,12-15,17-18H2,1-4H3,(H,29,32). The van der Waals surface area contributed by atoms with Crippen molar-refractivity contribution in [3.63, 3.8) is 0 Å². The van der Waals surface area contributed by atoms with Crippen LogP contribution in [0.4, 0.5) is 10.5 Å². The molecule has 2 aliphatic heterocycles. The molecule has 1 unspecified atom stereocenters. The van der Waals surface area contributed by atoms with Crippen molar-refractivity contribution < 1.29 is 19.1 Å². The lowest BCUT2D eigenvalue weighted by Crippen LogP contribution is -2.52. The zero-order chi connectivity index (χ0) is 24.9. The second kappa shape index (κ2) is 11.0. The van der Waals surface area contributed by atoms with E-state index in [0.29, 0.717) is 39.0 Å². The fourth-order valence-corrected chi connectivity index (χ4v) is 4.65. The Hall–Kier alpha value is -3.22. The number of hydrogen-bond donors (Lipinski definition) is 1. The summed E-state index contributed by atoms with van der Waals surface area (Å²) in [4.78, 5) is 30.0. The molecule has 0 aliphatic carbocycles. The van der Waals surface area contributed by atoms with Crippen LogP contribution in [0, 0.1) is 12.8 Å². The number of hydrogen-bond acceptors (Lipinski definition) is 4. The third kappa shape index (κ3) is 6.08. The number of aryl methyl sites for hydroxylation is 1. The Kier molecular flexibility index (Phi) is 7.83. The van der Waals surface area contributed by atoms with Gasteiger partial charge in [0, 0.05) is 25.6 Å². The first-order valence-corrected chi connectivity index (χ1v) is 12.7. The number of nitrogens with one attached hydrogen (secondary N) is 1. The molecule has 4 rings (SSSR count). The molecule has 2 heterocycles. The first-order chi connectivity index (χ1) is 16.8. The normalized spacial score (nSPS) is 18.1. The van der Waals surface area contributed by atoms with Gasteiger partial charge in [-0.2, -0.15) is 0 Å². The highest BCUT2D eigenvalue weighted by molar-refractivity contribution is 5.94. The van der Waals surface area contributed by atoms with E-state index in [-0.39, 0.29) is 30.1 Å². The predicted molar refractivity (Wildman–Crippen MR) is 137 cm³/mol. The molecule has 0 aromatic heterocycles. The quantitative estimate of drug-likeness (QED) is 0.639. The molecule has 2 aromatic rings. The largest absolute Gasteiger partial charge is 0.491 e. The van der Waals surface area contributed by atoms with Crippen LogP contribution in [0.2, 0.25) is 0 Å². The molecule has 0 radical (unpaired) electrons. The summed E-state index contributed by atoms with van der Waals surface area (Å²) < 4.78 is 11.7. The minimum Gasteiger partial charge on any atom is -0.491 e. The Morgan fingerprint density at radius 3 is 2.49 bits per heavy atom. The average Bonchev–Trinajstić information content (AvgIpc) is 2.86. The van der Waals surface area contributed by atoms with Crippen molar-refractivity contribution in [3.05, 3.63) is 53.6 Å². The van der Waals surface area contributed by atoms with Gasteiger partial charge in [-0.15, -0.1) is 0 Å². The van der Waals surface area contributed by atoms with Crippen molar-refractivity contribution in [1.82, 2.24) is 10.2 Å². The predicted octanol–water partition coefficient (Wildman–Crippen LogP) is 4.91. The lowest BCUT2D eigenvalue weighted by molar-refractivity contribution is -0.126. The van der Waals surface area contributed by atoms with E-state index in [2.05, 4.69) is 12.2 Å². The van der Waals surface area contributed by atoms with Gasteiger partial charge in [0.2, 0.25) is 5.91 Å². The molecule has 2 aliphatic rings. The Morgan fingerprint density at radius 1 is 1.11 bits per heavy atom. The number of piperidine rings is 1. The summed E-state index contributed by atoms with van der Waals surface area (Å²) in [5.74, 6) is 1.57. The van der Waals surface area contributed by atoms with Gasteiger partial charge in [0.1, 0.15) is 17.6 Å². The van der Waals surface area contributed by atoms with Crippen molar-refractivity contribution in [2.24, 2.45) is 5.92 Å². The van der Waals surface area contributed by atoms with Crippen LogP contribution >= 0.6 is 0 Å². The van der Waals surface area contributed by atoms with Crippen molar-refractivity contribution in [2.45, 2.75) is 65.7 Å². The highest BCUT2D eigenvalue weighted by Crippen LogP contribution is 2.36. The maximum absolute atomic E-state index is 13.5. The lowest BCUT2D eigenvalue weighted by atomic mass is 9.96. The number of anilines is 1. The second-order valence-corrected chi connectivity index (χ2v) is 9.80. The van der Waals surface area contributed by atoms with Gasteiger partial charge >= 0.3 is 6.03 Å². The number of likely N-dealkylation sites (tertiary alicyclic amines) is 1. The van der Waals surface area contributed by atoms with E-state index in [1.807, 2.05) is 73.0 Å². The Morgan fingerprint density at radius 2 is 1.83 bits per heavy atom. The van der Waals surface area contributed by atoms with Gasteiger partial charge in [0.15, 0.2) is 0 Å².